The van der Waals surface area contributed by atoms with Crippen molar-refractivity contribution < 1.29 is 13.2 Å². The highest BCUT2D eigenvalue weighted by Crippen LogP contribution is 2.10. The summed E-state index contributed by atoms with van der Waals surface area (Å²) < 4.78 is 25.9. The fourth-order valence-corrected chi connectivity index (χ4v) is 2.25. The monoisotopic (exact) mass is 296 g/mol. The van der Waals surface area contributed by atoms with Gasteiger partial charge in [0.15, 0.2) is 0 Å². The Morgan fingerprint density at radius 1 is 1.25 bits per heavy atom. The van der Waals surface area contributed by atoms with Crippen LogP contribution >= 0.6 is 0 Å². The van der Waals surface area contributed by atoms with Gasteiger partial charge in [0.05, 0.1) is 4.91 Å². The molecule has 110 valence electrons. The number of benzene rings is 1. The first-order valence-corrected chi connectivity index (χ1v) is 7.98. The van der Waals surface area contributed by atoms with Gasteiger partial charge < -0.3 is 5.32 Å². The zero-order valence-electron chi connectivity index (χ0n) is 11.7. The van der Waals surface area contributed by atoms with Crippen molar-refractivity contribution in [3.8, 4) is 0 Å². The minimum absolute atomic E-state index is 0.0920. The molecule has 6 heteroatoms. The number of carbonyl (C=O) groups excluding carboxylic acids is 1. The topological polar surface area (TPSA) is 75.3 Å². The Morgan fingerprint density at radius 3 is 2.50 bits per heavy atom. The van der Waals surface area contributed by atoms with Gasteiger partial charge in [-0.1, -0.05) is 43.7 Å². The van der Waals surface area contributed by atoms with Crippen LogP contribution < -0.4 is 10.0 Å². The Morgan fingerprint density at radius 2 is 1.90 bits per heavy atom. The van der Waals surface area contributed by atoms with E-state index in [1.807, 2.05) is 29.8 Å². The van der Waals surface area contributed by atoms with Crippen LogP contribution in [0.25, 0.3) is 6.08 Å². The maximum absolute atomic E-state index is 11.9. The molecule has 0 aliphatic rings. The van der Waals surface area contributed by atoms with Crippen molar-refractivity contribution in [2.75, 3.05) is 6.54 Å². The Hall–Kier alpha value is -1.82. The van der Waals surface area contributed by atoms with Gasteiger partial charge in [-0.3, -0.25) is 0 Å². The molecule has 2 amide bonds. The van der Waals surface area contributed by atoms with E-state index in [2.05, 4.69) is 5.32 Å². The van der Waals surface area contributed by atoms with Crippen molar-refractivity contribution in [3.05, 3.63) is 40.8 Å². The zero-order valence-corrected chi connectivity index (χ0v) is 12.5. The van der Waals surface area contributed by atoms with Crippen LogP contribution in [0.3, 0.4) is 0 Å². The van der Waals surface area contributed by atoms with Crippen molar-refractivity contribution >= 4 is 22.1 Å². The molecule has 0 unspecified atom stereocenters. The molecule has 0 aliphatic heterocycles. The van der Waals surface area contributed by atoms with E-state index in [0.717, 1.165) is 18.4 Å². The maximum Gasteiger partial charge on any atom is 0.328 e. The Bertz CT molecular complexity index is 565. The largest absolute Gasteiger partial charge is 0.337 e. The normalized spacial score (nSPS) is 12.0. The van der Waals surface area contributed by atoms with E-state index in [-0.39, 0.29) is 4.91 Å². The summed E-state index contributed by atoms with van der Waals surface area (Å²) in [5.41, 5.74) is 0.766. The number of carbonyl (C=O) groups is 1. The second-order valence-electron chi connectivity index (χ2n) is 4.38. The van der Waals surface area contributed by atoms with Crippen LogP contribution in [0.4, 0.5) is 4.79 Å². The van der Waals surface area contributed by atoms with Crippen LogP contribution in [0.15, 0.2) is 35.2 Å². The molecule has 0 aliphatic carbocycles. The van der Waals surface area contributed by atoms with E-state index in [1.165, 1.54) is 13.0 Å². The minimum Gasteiger partial charge on any atom is -0.337 e. The van der Waals surface area contributed by atoms with Crippen LogP contribution in [0.2, 0.25) is 0 Å². The van der Waals surface area contributed by atoms with E-state index >= 15 is 0 Å². The highest BCUT2D eigenvalue weighted by atomic mass is 32.2. The van der Waals surface area contributed by atoms with Crippen LogP contribution in [0, 0.1) is 0 Å². The molecule has 1 aromatic carbocycles. The molecule has 2 N–H and O–H groups in total. The predicted molar refractivity (Wildman–Crippen MR) is 80.5 cm³/mol. The van der Waals surface area contributed by atoms with Gasteiger partial charge in [0, 0.05) is 6.54 Å². The summed E-state index contributed by atoms with van der Waals surface area (Å²) in [6, 6.07) is 8.37. The lowest BCUT2D eigenvalue weighted by Gasteiger charge is -2.08. The number of unbranched alkanes of at least 4 members (excludes halogenated alkanes) is 1. The first-order valence-electron chi connectivity index (χ1n) is 6.49. The van der Waals surface area contributed by atoms with Gasteiger partial charge in [-0.15, -0.1) is 0 Å². The summed E-state index contributed by atoms with van der Waals surface area (Å²) in [5, 5.41) is 2.50. The second-order valence-corrected chi connectivity index (χ2v) is 6.24. The molecule has 0 fully saturated rings. The molecule has 0 heterocycles. The van der Waals surface area contributed by atoms with E-state index in [4.69, 9.17) is 0 Å². The minimum atomic E-state index is -3.80. The fraction of sp³-hybridized carbons (Fsp3) is 0.357. The van der Waals surface area contributed by atoms with E-state index in [9.17, 15) is 13.2 Å². The van der Waals surface area contributed by atoms with Gasteiger partial charge in [-0.2, -0.15) is 0 Å². The molecule has 1 rings (SSSR count). The first kappa shape index (κ1) is 16.2. The number of rotatable bonds is 6. The summed E-state index contributed by atoms with van der Waals surface area (Å²) in [4.78, 5) is 11.6. The number of hydrogen-bond acceptors (Lipinski definition) is 3. The Balaban J connectivity index is 2.68. The lowest BCUT2D eigenvalue weighted by molar-refractivity contribution is 0.245. The van der Waals surface area contributed by atoms with Crippen molar-refractivity contribution in [1.29, 1.82) is 0 Å². The van der Waals surface area contributed by atoms with Crippen LogP contribution in [-0.4, -0.2) is 21.0 Å². The third-order valence-corrected chi connectivity index (χ3v) is 4.06. The first-order chi connectivity index (χ1) is 9.45. The summed E-state index contributed by atoms with van der Waals surface area (Å²) in [6.45, 7) is 3.90. The number of nitrogens with one attached hydrogen (secondary N) is 2. The number of sulfonamides is 1. The molecule has 0 saturated carbocycles. The molecular formula is C14H20N2O3S. The number of hydrogen-bond donors (Lipinski definition) is 2. The van der Waals surface area contributed by atoms with Gasteiger partial charge in [0.2, 0.25) is 0 Å². The van der Waals surface area contributed by atoms with E-state index in [0.29, 0.717) is 6.54 Å². The zero-order chi connectivity index (χ0) is 15.0. The SMILES string of the molecule is CCCCNC(=O)NS(=O)(=O)/C(C)=C/c1ccccc1. The average Bonchev–Trinajstić information content (AvgIpc) is 2.39. The highest BCUT2D eigenvalue weighted by Gasteiger charge is 2.16. The molecule has 0 spiro atoms. The summed E-state index contributed by atoms with van der Waals surface area (Å²) >= 11 is 0. The lowest BCUT2D eigenvalue weighted by atomic mass is 10.2. The third-order valence-electron chi connectivity index (χ3n) is 2.64. The van der Waals surface area contributed by atoms with Crippen LogP contribution in [0.5, 0.6) is 0 Å². The Kier molecular flexibility index (Phi) is 6.24. The van der Waals surface area contributed by atoms with Gasteiger partial charge in [0.1, 0.15) is 0 Å². The van der Waals surface area contributed by atoms with Gasteiger partial charge in [-0.05, 0) is 25.0 Å². The molecule has 0 aromatic heterocycles. The quantitative estimate of drug-likeness (QED) is 0.792. The van der Waals surface area contributed by atoms with Crippen molar-refractivity contribution in [2.45, 2.75) is 26.7 Å². The molecule has 0 atom stereocenters. The number of urea groups is 1. The van der Waals surface area contributed by atoms with Crippen molar-refractivity contribution in [2.24, 2.45) is 0 Å². The molecular weight excluding hydrogens is 276 g/mol. The fourth-order valence-electron chi connectivity index (χ4n) is 1.48. The predicted octanol–water partition coefficient (Wildman–Crippen LogP) is 2.48. The van der Waals surface area contributed by atoms with Crippen LogP contribution in [0.1, 0.15) is 32.3 Å². The van der Waals surface area contributed by atoms with Gasteiger partial charge >= 0.3 is 6.03 Å². The number of amides is 2. The summed E-state index contributed by atoms with van der Waals surface area (Å²) in [6.07, 6.45) is 3.26. The van der Waals surface area contributed by atoms with Crippen LogP contribution in [-0.2, 0) is 10.0 Å². The summed E-state index contributed by atoms with van der Waals surface area (Å²) in [7, 11) is -3.80. The van der Waals surface area contributed by atoms with Gasteiger partial charge in [0.25, 0.3) is 10.0 Å². The summed E-state index contributed by atoms with van der Waals surface area (Å²) in [5.74, 6) is 0. The van der Waals surface area contributed by atoms with E-state index in [1.54, 1.807) is 12.1 Å². The maximum atomic E-state index is 11.9. The molecule has 0 saturated heterocycles. The highest BCUT2D eigenvalue weighted by molar-refractivity contribution is 7.94. The molecule has 20 heavy (non-hydrogen) atoms. The second kappa shape index (κ2) is 7.69. The Labute approximate surface area is 120 Å². The van der Waals surface area contributed by atoms with Crippen molar-refractivity contribution in [1.82, 2.24) is 10.0 Å². The van der Waals surface area contributed by atoms with E-state index < -0.39 is 16.1 Å². The molecule has 5 nitrogen and oxygen atoms in total. The lowest BCUT2D eigenvalue weighted by Crippen LogP contribution is -2.39. The smallest absolute Gasteiger partial charge is 0.328 e. The molecule has 1 aromatic rings. The average molecular weight is 296 g/mol. The molecule has 0 radical (unpaired) electrons. The number of allylic oxidation sites excluding steroid dienone is 1. The van der Waals surface area contributed by atoms with Gasteiger partial charge in [-0.25, -0.2) is 17.9 Å². The van der Waals surface area contributed by atoms with Crippen molar-refractivity contribution in [3.63, 3.8) is 0 Å². The molecule has 0 bridgehead atoms. The standard InChI is InChI=1S/C14H20N2O3S/c1-3-4-10-15-14(17)16-20(18,19)12(2)11-13-8-6-5-7-9-13/h5-9,11H,3-4,10H2,1-2H3,(H2,15,16,17)/b12-11+. The third kappa shape index (κ3) is 5.44.